The summed E-state index contributed by atoms with van der Waals surface area (Å²) >= 11 is 6.05. The molecule has 3 aromatic heterocycles. The Hall–Kier alpha value is -4.45. The van der Waals surface area contributed by atoms with Crippen LogP contribution in [0.15, 0.2) is 79.3 Å². The van der Waals surface area contributed by atoms with E-state index in [4.69, 9.17) is 16.6 Å². The highest BCUT2D eigenvalue weighted by Gasteiger charge is 2.34. The summed E-state index contributed by atoms with van der Waals surface area (Å²) in [5.74, 6) is 1.54. The van der Waals surface area contributed by atoms with Gasteiger partial charge in [-0.05, 0) is 66.9 Å². The number of imidazole rings is 1. The zero-order chi connectivity index (χ0) is 31.0. The number of fused-ring (bicyclic) bond motifs is 1. The number of piperidine rings is 1. The first-order chi connectivity index (χ1) is 21.8. The first kappa shape index (κ1) is 29.3. The van der Waals surface area contributed by atoms with E-state index in [9.17, 15) is 9.90 Å². The maximum absolute atomic E-state index is 13.2. The number of piperazine rings is 1. The molecule has 0 saturated carbocycles. The number of carbonyl (C=O) groups excluding carboxylic acids is 1. The second-order valence-electron chi connectivity index (χ2n) is 11.8. The molecule has 1 amide bonds. The molecule has 2 N–H and O–H groups in total. The third kappa shape index (κ3) is 6.11. The Labute approximate surface area is 266 Å². The summed E-state index contributed by atoms with van der Waals surface area (Å²) in [5.41, 5.74) is 3.18. The summed E-state index contributed by atoms with van der Waals surface area (Å²) in [7, 11) is 2.00. The molecule has 0 aliphatic carbocycles. The highest BCUT2D eigenvalue weighted by atomic mass is 35.5. The highest BCUT2D eigenvalue weighted by molar-refractivity contribution is 6.30. The number of pyridine rings is 1. The second kappa shape index (κ2) is 12.2. The third-order valence-corrected chi connectivity index (χ3v) is 9.24. The van der Waals surface area contributed by atoms with E-state index in [-0.39, 0.29) is 5.91 Å². The first-order valence-electron chi connectivity index (χ1n) is 15.3. The topological polar surface area (TPSA) is 107 Å². The number of hydrogen-bond donors (Lipinski definition) is 2. The lowest BCUT2D eigenvalue weighted by atomic mass is 9.84. The molecule has 0 unspecified atom stereocenters. The minimum absolute atomic E-state index is 0.0400. The van der Waals surface area contributed by atoms with Crippen molar-refractivity contribution in [3.8, 4) is 0 Å². The summed E-state index contributed by atoms with van der Waals surface area (Å²) in [6, 6.07) is 18.9. The van der Waals surface area contributed by atoms with Crippen LogP contribution >= 0.6 is 11.6 Å². The molecule has 0 radical (unpaired) electrons. The average molecular weight is 626 g/mol. The number of nitrogens with one attached hydrogen (secondary N) is 1. The van der Waals surface area contributed by atoms with Crippen molar-refractivity contribution in [2.75, 3.05) is 49.5 Å². The van der Waals surface area contributed by atoms with Gasteiger partial charge in [0.25, 0.3) is 5.91 Å². The number of anilines is 3. The Morgan fingerprint density at radius 1 is 0.956 bits per heavy atom. The summed E-state index contributed by atoms with van der Waals surface area (Å²) in [6.45, 7) is 5.17. The number of aryl methyl sites for hydroxylation is 1. The summed E-state index contributed by atoms with van der Waals surface area (Å²) in [5, 5.41) is 19.9. The summed E-state index contributed by atoms with van der Waals surface area (Å²) < 4.78 is 3.80. The molecule has 2 aromatic carbocycles. The number of aromatic nitrogens is 5. The normalized spacial score (nSPS) is 17.1. The second-order valence-corrected chi connectivity index (χ2v) is 12.3. The van der Waals surface area contributed by atoms with Crippen LogP contribution in [0.25, 0.3) is 5.65 Å². The number of hydrogen-bond acceptors (Lipinski definition) is 8. The molecule has 232 valence electrons. The molecule has 5 heterocycles. The Balaban J connectivity index is 0.971. The van der Waals surface area contributed by atoms with Crippen LogP contribution in [0.4, 0.5) is 17.3 Å². The van der Waals surface area contributed by atoms with E-state index in [0.717, 1.165) is 48.0 Å². The monoisotopic (exact) mass is 625 g/mol. The molecule has 12 heteroatoms. The van der Waals surface area contributed by atoms with Crippen molar-refractivity contribution >= 4 is 40.5 Å². The van der Waals surface area contributed by atoms with Gasteiger partial charge in [-0.25, -0.2) is 9.50 Å². The molecule has 2 saturated heterocycles. The fourth-order valence-electron chi connectivity index (χ4n) is 6.22. The van der Waals surface area contributed by atoms with Crippen LogP contribution in [0, 0.1) is 0 Å². The van der Waals surface area contributed by atoms with Crippen molar-refractivity contribution in [1.29, 1.82) is 0 Å². The maximum Gasteiger partial charge on any atom is 0.253 e. The van der Waals surface area contributed by atoms with Crippen molar-refractivity contribution in [2.24, 2.45) is 7.05 Å². The average Bonchev–Trinajstić information content (AvgIpc) is 3.67. The number of amides is 1. The van der Waals surface area contributed by atoms with Crippen LogP contribution in [0.3, 0.4) is 0 Å². The van der Waals surface area contributed by atoms with Gasteiger partial charge in [-0.1, -0.05) is 23.7 Å². The van der Waals surface area contributed by atoms with Gasteiger partial charge >= 0.3 is 0 Å². The zero-order valence-electron chi connectivity index (χ0n) is 25.2. The number of rotatable bonds is 7. The van der Waals surface area contributed by atoms with Gasteiger partial charge in [0, 0.05) is 81.2 Å². The fraction of sp³-hybridized carbons (Fsp3) is 0.333. The van der Waals surface area contributed by atoms with E-state index in [1.165, 1.54) is 0 Å². The molecule has 2 fully saturated rings. The fourth-order valence-corrected chi connectivity index (χ4v) is 6.35. The highest BCUT2D eigenvalue weighted by Crippen LogP contribution is 2.36. The van der Waals surface area contributed by atoms with Crippen LogP contribution in [0.2, 0.25) is 5.02 Å². The molecule has 0 atom stereocenters. The van der Waals surface area contributed by atoms with Crippen LogP contribution < -0.4 is 10.2 Å². The van der Waals surface area contributed by atoms with Gasteiger partial charge in [0.2, 0.25) is 5.95 Å². The van der Waals surface area contributed by atoms with Crippen molar-refractivity contribution in [1.82, 2.24) is 33.9 Å². The molecule has 2 aliphatic rings. The molecule has 5 aromatic rings. The molecule has 7 rings (SSSR count). The van der Waals surface area contributed by atoms with Gasteiger partial charge in [0.05, 0.1) is 17.8 Å². The minimum Gasteiger partial charge on any atom is -0.385 e. The van der Waals surface area contributed by atoms with Crippen LogP contribution in [-0.2, 0) is 19.2 Å². The lowest BCUT2D eigenvalue weighted by Crippen LogP contribution is -2.48. The largest absolute Gasteiger partial charge is 0.385 e. The molecular formula is C33H36ClN9O2. The van der Waals surface area contributed by atoms with Crippen molar-refractivity contribution in [3.05, 3.63) is 101 Å². The SMILES string of the molecule is Cn1ccnc1CN1CCN(C(=O)c2ccc(Nc3nc4c(N5CCC(O)(c6ccc(Cl)cc6)CC5)cccn4n3)cc2)CC1. The Kier molecular flexibility index (Phi) is 7.90. The molecular weight excluding hydrogens is 590 g/mol. The lowest BCUT2D eigenvalue weighted by molar-refractivity contribution is 0.0118. The zero-order valence-corrected chi connectivity index (χ0v) is 25.9. The maximum atomic E-state index is 13.2. The standard InChI is InChI=1S/C33H36ClN9O2/c1-39-18-14-35-29(39)23-40-19-21-42(22-20-40)31(44)24-4-10-27(11-5-24)36-32-37-30-28(3-2-15-43(30)38-32)41-16-12-33(45,13-17-41)25-6-8-26(34)9-7-25/h2-11,14-15,18,45H,12-13,16-17,19-23H2,1H3,(H,36,38). The summed E-state index contributed by atoms with van der Waals surface area (Å²) in [4.78, 5) is 28.9. The van der Waals surface area contributed by atoms with E-state index in [1.807, 2.05) is 95.8 Å². The minimum atomic E-state index is -0.881. The van der Waals surface area contributed by atoms with E-state index < -0.39 is 5.60 Å². The van der Waals surface area contributed by atoms with Crippen LogP contribution in [0.1, 0.15) is 34.6 Å². The van der Waals surface area contributed by atoms with E-state index in [2.05, 4.69) is 25.2 Å². The van der Waals surface area contributed by atoms with Gasteiger partial charge in [0.15, 0.2) is 5.65 Å². The predicted molar refractivity (Wildman–Crippen MR) is 174 cm³/mol. The Bertz CT molecular complexity index is 1790. The molecule has 45 heavy (non-hydrogen) atoms. The van der Waals surface area contributed by atoms with Crippen LogP contribution in [-0.4, -0.2) is 84.2 Å². The van der Waals surface area contributed by atoms with Gasteiger partial charge in [0.1, 0.15) is 5.82 Å². The van der Waals surface area contributed by atoms with E-state index in [1.54, 1.807) is 4.52 Å². The molecule has 0 spiro atoms. The van der Waals surface area contributed by atoms with Gasteiger partial charge < -0.3 is 24.8 Å². The van der Waals surface area contributed by atoms with Gasteiger partial charge in [-0.15, -0.1) is 5.10 Å². The molecule has 2 aliphatic heterocycles. The number of nitrogens with zero attached hydrogens (tertiary/aromatic N) is 8. The van der Waals surface area contributed by atoms with E-state index in [0.29, 0.717) is 55.6 Å². The number of carbonyl (C=O) groups is 1. The summed E-state index contributed by atoms with van der Waals surface area (Å²) in [6.07, 6.45) is 6.85. The first-order valence-corrected chi connectivity index (χ1v) is 15.7. The predicted octanol–water partition coefficient (Wildman–Crippen LogP) is 4.31. The van der Waals surface area contributed by atoms with Crippen molar-refractivity contribution < 1.29 is 9.90 Å². The van der Waals surface area contributed by atoms with Crippen molar-refractivity contribution in [3.63, 3.8) is 0 Å². The number of benzene rings is 2. The molecule has 11 nitrogen and oxygen atoms in total. The number of halogens is 1. The van der Waals surface area contributed by atoms with E-state index >= 15 is 0 Å². The quantitative estimate of drug-likeness (QED) is 0.276. The van der Waals surface area contributed by atoms with Crippen molar-refractivity contribution in [2.45, 2.75) is 25.0 Å². The molecule has 0 bridgehead atoms. The van der Waals surface area contributed by atoms with Gasteiger partial charge in [-0.2, -0.15) is 4.98 Å². The van der Waals surface area contributed by atoms with Gasteiger partial charge in [-0.3, -0.25) is 9.69 Å². The number of aliphatic hydroxyl groups is 1. The Morgan fingerprint density at radius 2 is 1.69 bits per heavy atom. The Morgan fingerprint density at radius 3 is 2.38 bits per heavy atom. The van der Waals surface area contributed by atoms with Crippen LogP contribution in [0.5, 0.6) is 0 Å². The third-order valence-electron chi connectivity index (χ3n) is 8.99. The smallest absolute Gasteiger partial charge is 0.253 e. The lowest BCUT2D eigenvalue weighted by Gasteiger charge is -2.39.